The van der Waals surface area contributed by atoms with Crippen LogP contribution in [0, 0.1) is 11.8 Å². The number of benzene rings is 2. The van der Waals surface area contributed by atoms with Crippen LogP contribution in [0.1, 0.15) is 68.9 Å². The number of aliphatic imine (C=N–C) groups is 1. The SMILES string of the molecule is NC(=O)CC[C@@H]1NC(=O)[C@H](Cc2ccccc2)NC(=O)[C@H](Cc2ccc(O)cc2)CC(=O)[C@@H](N)CSSC[C@@H](C(=O)N2CCC[C@H]2C(=O)N[C@@H](CCCN=C(N)N)C(=O)NCC(N)=O)CC(=O)[C@H](CC(N)=O)NC1=O. The van der Waals surface area contributed by atoms with Crippen molar-refractivity contribution in [1.82, 2.24) is 31.5 Å². The average molecular weight is 1080 g/mol. The molecule has 2 aromatic carbocycles. The lowest BCUT2D eigenvalue weighted by atomic mass is 9.91. The molecule has 18 N–H and O–H groups in total. The molecule has 2 aliphatic rings. The Labute approximate surface area is 440 Å². The van der Waals surface area contributed by atoms with Gasteiger partial charge in [0.1, 0.15) is 29.9 Å². The van der Waals surface area contributed by atoms with Gasteiger partial charge < -0.3 is 71.0 Å². The molecule has 0 aromatic heterocycles. The van der Waals surface area contributed by atoms with Crippen LogP contribution in [0.2, 0.25) is 0 Å². The minimum atomic E-state index is -1.68. The number of likely N-dealkylation sites (tertiary alicyclic amines) is 1. The topological polar surface area (TPSA) is 440 Å². The zero-order chi connectivity index (χ0) is 55.2. The number of nitrogens with zero attached hydrogens (tertiary/aromatic N) is 2. The molecular formula is C48H67N13O12S2. The van der Waals surface area contributed by atoms with Crippen LogP contribution >= 0.6 is 21.6 Å². The molecule has 0 saturated carbocycles. The van der Waals surface area contributed by atoms with E-state index in [9.17, 15) is 57.8 Å². The van der Waals surface area contributed by atoms with Crippen LogP contribution in [0.5, 0.6) is 5.75 Å². The van der Waals surface area contributed by atoms with E-state index >= 15 is 0 Å². The molecule has 25 nitrogen and oxygen atoms in total. The van der Waals surface area contributed by atoms with Crippen LogP contribution in [0.4, 0.5) is 0 Å². The Kier molecular flexibility index (Phi) is 24.3. The van der Waals surface area contributed by atoms with Gasteiger partial charge in [0.15, 0.2) is 17.5 Å². The van der Waals surface area contributed by atoms with Crippen LogP contribution in [-0.4, -0.2) is 148 Å². The molecule has 8 atom stereocenters. The van der Waals surface area contributed by atoms with E-state index < -0.39 is 145 Å². The summed E-state index contributed by atoms with van der Waals surface area (Å²) >= 11 is 0. The van der Waals surface area contributed by atoms with Crippen molar-refractivity contribution in [1.29, 1.82) is 0 Å². The van der Waals surface area contributed by atoms with Crippen molar-refractivity contribution < 1.29 is 57.8 Å². The van der Waals surface area contributed by atoms with Gasteiger partial charge in [-0.05, 0) is 61.8 Å². The minimum absolute atomic E-state index is 0.0178. The number of nitrogens with one attached hydrogen (secondary N) is 5. The fourth-order valence-corrected chi connectivity index (χ4v) is 10.7. The van der Waals surface area contributed by atoms with E-state index in [4.69, 9.17) is 34.4 Å². The molecule has 27 heteroatoms. The molecule has 2 fully saturated rings. The number of phenols is 1. The monoisotopic (exact) mass is 1080 g/mol. The summed E-state index contributed by atoms with van der Waals surface area (Å²) in [6, 6.07) is 6.35. The van der Waals surface area contributed by atoms with Crippen LogP contribution in [0.25, 0.3) is 0 Å². The molecule has 2 aliphatic heterocycles. The van der Waals surface area contributed by atoms with Gasteiger partial charge in [-0.15, -0.1) is 0 Å². The smallest absolute Gasteiger partial charge is 0.243 e. The third-order valence-corrected chi connectivity index (χ3v) is 14.8. The quantitative estimate of drug-likeness (QED) is 0.0285. The van der Waals surface area contributed by atoms with E-state index in [1.54, 1.807) is 42.5 Å². The van der Waals surface area contributed by atoms with Crippen LogP contribution in [0.3, 0.4) is 0 Å². The average Bonchev–Trinajstić information content (AvgIpc) is 3.86. The Morgan fingerprint density at radius 2 is 1.39 bits per heavy atom. The highest BCUT2D eigenvalue weighted by Gasteiger charge is 2.41. The highest BCUT2D eigenvalue weighted by Crippen LogP contribution is 2.30. The first-order valence-electron chi connectivity index (χ1n) is 24.2. The molecular weight excluding hydrogens is 1010 g/mol. The lowest BCUT2D eigenvalue weighted by Gasteiger charge is -2.30. The van der Waals surface area contributed by atoms with Crippen molar-refractivity contribution in [3.05, 3.63) is 65.7 Å². The van der Waals surface area contributed by atoms with Crippen LogP contribution in [-0.2, 0) is 65.6 Å². The van der Waals surface area contributed by atoms with Gasteiger partial charge in [-0.2, -0.15) is 0 Å². The normalized spacial score (nSPS) is 22.8. The Morgan fingerprint density at radius 1 is 0.747 bits per heavy atom. The fraction of sp³-hybridized carbons (Fsp3) is 0.500. The van der Waals surface area contributed by atoms with Crippen LogP contribution in [0.15, 0.2) is 59.6 Å². The summed E-state index contributed by atoms with van der Waals surface area (Å²) in [6.45, 7) is -0.371. The van der Waals surface area contributed by atoms with Gasteiger partial charge in [-0.1, -0.05) is 64.1 Å². The first kappa shape index (κ1) is 60.3. The second kappa shape index (κ2) is 30.2. The number of aromatic hydroxyl groups is 1. The highest BCUT2D eigenvalue weighted by molar-refractivity contribution is 8.76. The van der Waals surface area contributed by atoms with Gasteiger partial charge in [-0.3, -0.25) is 57.7 Å². The Morgan fingerprint density at radius 3 is 2.04 bits per heavy atom. The van der Waals surface area contributed by atoms with Gasteiger partial charge in [0.05, 0.1) is 31.0 Å². The minimum Gasteiger partial charge on any atom is -0.508 e. The largest absolute Gasteiger partial charge is 0.508 e. The standard InChI is InChI=1S/C48H67N13O12S2/c49-31-25-75-74-24-29(47(73)61-17-5-9-36(61)46(72)58-32(8-4-16-55-48(53)54)43(69)56-23-41(52)67)21-38(64)34(22-40(51)66)59-44(70)33(14-15-39(50)65)57-45(71)35(19-26-6-2-1-3-7-26)60-42(68)28(20-37(31)63)18-27-10-12-30(62)13-11-27/h1-3,6-7,10-13,28-29,31-36,62H,4-5,8-9,14-25,49H2,(H2,50,65)(H2,51,66)(H2,52,67)(H,56,69)(H,57,71)(H,58,72)(H,59,70)(H,60,68)(H4,53,54,55)/t28-,29+,31+,32+,33+,34+,35+,36+/m1/s1. The number of phenolic OH excluding ortho intramolecular Hbond substituents is 1. The van der Waals surface area contributed by atoms with Gasteiger partial charge in [0.2, 0.25) is 53.2 Å². The van der Waals surface area contributed by atoms with E-state index in [2.05, 4.69) is 31.6 Å². The number of carbonyl (C=O) groups excluding carboxylic acids is 11. The van der Waals surface area contributed by atoms with E-state index in [0.717, 1.165) is 21.6 Å². The van der Waals surface area contributed by atoms with Gasteiger partial charge in [0, 0.05) is 56.2 Å². The molecule has 4 rings (SSSR count). The van der Waals surface area contributed by atoms with E-state index in [1.807, 2.05) is 0 Å². The Balaban J connectivity index is 1.71. The summed E-state index contributed by atoms with van der Waals surface area (Å²) < 4.78 is 0. The van der Waals surface area contributed by atoms with Crippen molar-refractivity contribution in [2.75, 3.05) is 31.1 Å². The molecule has 2 saturated heterocycles. The van der Waals surface area contributed by atoms with Crippen molar-refractivity contribution in [2.24, 2.45) is 51.2 Å². The lowest BCUT2D eigenvalue weighted by Crippen LogP contribution is -2.57. The van der Waals surface area contributed by atoms with Crippen molar-refractivity contribution in [2.45, 2.75) is 107 Å². The third-order valence-electron chi connectivity index (χ3n) is 12.2. The van der Waals surface area contributed by atoms with Crippen molar-refractivity contribution >= 4 is 92.3 Å². The van der Waals surface area contributed by atoms with E-state index in [1.165, 1.54) is 17.0 Å². The lowest BCUT2D eigenvalue weighted by molar-refractivity contribution is -0.143. The van der Waals surface area contributed by atoms with Gasteiger partial charge in [-0.25, -0.2) is 0 Å². The molecule has 75 heavy (non-hydrogen) atoms. The maximum atomic E-state index is 14.7. The highest BCUT2D eigenvalue weighted by atomic mass is 33.1. The molecule has 9 amide bonds. The van der Waals surface area contributed by atoms with E-state index in [-0.39, 0.29) is 74.8 Å². The predicted molar refractivity (Wildman–Crippen MR) is 278 cm³/mol. The molecule has 0 unspecified atom stereocenters. The second-order valence-corrected chi connectivity index (χ2v) is 20.8. The summed E-state index contributed by atoms with van der Waals surface area (Å²) in [7, 11) is 2.16. The number of hydrogen-bond donors (Lipinski definition) is 12. The number of guanidine groups is 1. The number of ketones is 2. The zero-order valence-corrected chi connectivity index (χ0v) is 42.9. The first-order chi connectivity index (χ1) is 35.6. The molecule has 2 heterocycles. The first-order valence-corrected chi connectivity index (χ1v) is 26.7. The molecule has 0 spiro atoms. The number of rotatable bonds is 19. The summed E-state index contributed by atoms with van der Waals surface area (Å²) in [5.41, 5.74) is 34.7. The summed E-state index contributed by atoms with van der Waals surface area (Å²) in [6.07, 6.45) is -2.00. The summed E-state index contributed by atoms with van der Waals surface area (Å²) in [5, 5.41) is 22.7. The number of primary amides is 3. The molecule has 0 radical (unpaired) electrons. The molecule has 2 aromatic rings. The van der Waals surface area contributed by atoms with Gasteiger partial charge >= 0.3 is 0 Å². The summed E-state index contributed by atoms with van der Waals surface area (Å²) in [4.78, 5) is 154. The fourth-order valence-electron chi connectivity index (χ4n) is 8.29. The third kappa shape index (κ3) is 20.5. The van der Waals surface area contributed by atoms with E-state index in [0.29, 0.717) is 17.5 Å². The number of carbonyl (C=O) groups is 11. The zero-order valence-electron chi connectivity index (χ0n) is 41.2. The number of amides is 9. The molecule has 0 bridgehead atoms. The van der Waals surface area contributed by atoms with Crippen LogP contribution < -0.4 is 61.0 Å². The Bertz CT molecular complexity index is 2410. The molecule has 408 valence electrons. The van der Waals surface area contributed by atoms with Crippen molar-refractivity contribution in [3.63, 3.8) is 0 Å². The number of hydrogen-bond acceptors (Lipinski definition) is 16. The second-order valence-electron chi connectivity index (χ2n) is 18.2. The maximum Gasteiger partial charge on any atom is 0.243 e. The number of nitrogens with two attached hydrogens (primary N) is 6. The maximum absolute atomic E-state index is 14.7. The molecule has 0 aliphatic carbocycles. The summed E-state index contributed by atoms with van der Waals surface area (Å²) in [5.74, 6) is -11.6. The van der Waals surface area contributed by atoms with Gasteiger partial charge in [0.25, 0.3) is 0 Å². The number of Topliss-reactive ketones (excluding diaryl/α,β-unsaturated/α-hetero) is 2. The Hall–Kier alpha value is -7.26. The predicted octanol–water partition coefficient (Wildman–Crippen LogP) is -3.22. The van der Waals surface area contributed by atoms with Crippen molar-refractivity contribution in [3.8, 4) is 5.75 Å².